The number of rotatable bonds is 13. The largest absolute Gasteiger partial charge is 0.381 e. The maximum Gasteiger partial charge on any atom is 0.238 e. The van der Waals surface area contributed by atoms with E-state index in [1.165, 1.54) is 11.1 Å². The number of fused-ring (bicyclic) bond motifs is 1. The Labute approximate surface area is 300 Å². The van der Waals surface area contributed by atoms with Gasteiger partial charge in [-0.25, -0.2) is 9.67 Å². The van der Waals surface area contributed by atoms with Gasteiger partial charge in [-0.05, 0) is 85.9 Å². The Morgan fingerprint density at radius 1 is 1.06 bits per heavy atom. The lowest BCUT2D eigenvalue weighted by molar-refractivity contribution is -0.144. The van der Waals surface area contributed by atoms with Gasteiger partial charge in [-0.2, -0.15) is 5.10 Å². The molecule has 11 heteroatoms. The molecule has 3 fully saturated rings. The van der Waals surface area contributed by atoms with Crippen LogP contribution in [0.2, 0.25) is 0 Å². The van der Waals surface area contributed by atoms with Crippen LogP contribution in [0, 0.1) is 12.3 Å². The summed E-state index contributed by atoms with van der Waals surface area (Å²) < 4.78 is 7.60. The minimum absolute atomic E-state index is 0.210. The van der Waals surface area contributed by atoms with Crippen molar-refractivity contribution in [3.05, 3.63) is 76.6 Å². The molecule has 2 aromatic carbocycles. The number of carbonyl (C=O) groups excluding carboxylic acids is 2. The number of hydrogen-bond acceptors (Lipinski definition) is 8. The molecule has 1 aliphatic carbocycles. The molecule has 11 nitrogen and oxygen atoms in total. The molecule has 51 heavy (non-hydrogen) atoms. The van der Waals surface area contributed by atoms with Gasteiger partial charge in [0.2, 0.25) is 11.8 Å². The van der Waals surface area contributed by atoms with E-state index in [9.17, 15) is 9.59 Å². The molecule has 4 N–H and O–H groups in total. The SMILES string of the molecule is CCc1nc2c(cnn2CC)c(NC2CCOCC2)c1CN(Cc1ccc(C)c(-c2cccc(CN3CCNCC3)c2)c1)C(=O)C1(C(N)=O)CC1. The van der Waals surface area contributed by atoms with Crippen molar-refractivity contribution in [1.29, 1.82) is 0 Å². The number of pyridine rings is 1. The highest BCUT2D eigenvalue weighted by molar-refractivity contribution is 6.07. The van der Waals surface area contributed by atoms with E-state index in [1.807, 2.05) is 15.8 Å². The predicted molar refractivity (Wildman–Crippen MR) is 200 cm³/mol. The summed E-state index contributed by atoms with van der Waals surface area (Å²) in [7, 11) is 0. The fraction of sp³-hybridized carbons (Fsp3) is 0.500. The van der Waals surface area contributed by atoms with Crippen molar-refractivity contribution < 1.29 is 14.3 Å². The number of carbonyl (C=O) groups is 2. The molecule has 2 aromatic heterocycles. The van der Waals surface area contributed by atoms with Gasteiger partial charge in [-0.3, -0.25) is 14.5 Å². The van der Waals surface area contributed by atoms with Gasteiger partial charge in [-0.15, -0.1) is 0 Å². The number of benzene rings is 2. The average molecular weight is 693 g/mol. The second kappa shape index (κ2) is 15.1. The Balaban J connectivity index is 1.25. The third-order valence-electron chi connectivity index (χ3n) is 11.0. The Hall–Kier alpha value is -4.32. The molecule has 4 heterocycles. The smallest absolute Gasteiger partial charge is 0.238 e. The number of aryl methyl sites for hydroxylation is 3. The van der Waals surface area contributed by atoms with Crippen molar-refractivity contribution >= 4 is 28.5 Å². The minimum atomic E-state index is -1.16. The van der Waals surface area contributed by atoms with Gasteiger partial charge >= 0.3 is 0 Å². The zero-order valence-electron chi connectivity index (χ0n) is 30.3. The van der Waals surface area contributed by atoms with Gasteiger partial charge in [0, 0.05) is 82.9 Å². The van der Waals surface area contributed by atoms with Gasteiger partial charge in [-0.1, -0.05) is 37.3 Å². The first kappa shape index (κ1) is 35.1. The maximum absolute atomic E-state index is 14.5. The van der Waals surface area contributed by atoms with Crippen LogP contribution >= 0.6 is 0 Å². The molecule has 2 saturated heterocycles. The molecule has 0 radical (unpaired) electrons. The molecule has 4 aromatic rings. The van der Waals surface area contributed by atoms with Crippen LogP contribution in [-0.2, 0) is 46.9 Å². The average Bonchev–Trinajstić information content (AvgIpc) is 3.87. The van der Waals surface area contributed by atoms with Gasteiger partial charge in [0.05, 0.1) is 17.3 Å². The first-order valence-electron chi connectivity index (χ1n) is 18.7. The molecule has 0 unspecified atom stereocenters. The van der Waals surface area contributed by atoms with Crippen LogP contribution < -0.4 is 16.4 Å². The number of amides is 2. The monoisotopic (exact) mass is 692 g/mol. The summed E-state index contributed by atoms with van der Waals surface area (Å²) in [5, 5.41) is 12.9. The van der Waals surface area contributed by atoms with E-state index >= 15 is 0 Å². The van der Waals surface area contributed by atoms with Crippen molar-refractivity contribution in [3.63, 3.8) is 0 Å². The first-order valence-corrected chi connectivity index (χ1v) is 18.7. The lowest BCUT2D eigenvalue weighted by Gasteiger charge is -2.30. The van der Waals surface area contributed by atoms with Crippen LogP contribution in [0.4, 0.5) is 5.69 Å². The van der Waals surface area contributed by atoms with Gasteiger partial charge in [0.15, 0.2) is 5.65 Å². The van der Waals surface area contributed by atoms with E-state index in [0.717, 1.165) is 90.2 Å². The Bertz CT molecular complexity index is 1890. The summed E-state index contributed by atoms with van der Waals surface area (Å²) in [6.07, 6.45) is 5.31. The molecule has 0 bridgehead atoms. The standard InChI is InChI=1S/C40H52N8O3/c1-4-35-34(36(44-31-11-19-51-20-12-31)33-23-43-48(5-2)37(33)45-35)26-47(39(50)40(13-14-40)38(41)49)25-29-10-9-27(3)32(22-29)30-8-6-7-28(21-30)24-46-17-15-42-16-18-46/h6-10,21-23,31,42H,4-5,11-20,24-26H2,1-3H3,(H2,41,49)(H,44,45). The highest BCUT2D eigenvalue weighted by Gasteiger charge is 2.57. The van der Waals surface area contributed by atoms with Gasteiger partial charge in [0.1, 0.15) is 5.41 Å². The highest BCUT2D eigenvalue weighted by atomic mass is 16.5. The third kappa shape index (κ3) is 7.38. The number of nitrogens with two attached hydrogens (primary N) is 1. The van der Waals surface area contributed by atoms with Crippen molar-refractivity contribution in [2.75, 3.05) is 44.7 Å². The number of ether oxygens (including phenoxy) is 1. The predicted octanol–water partition coefficient (Wildman–Crippen LogP) is 4.78. The summed E-state index contributed by atoms with van der Waals surface area (Å²) in [6, 6.07) is 15.5. The van der Waals surface area contributed by atoms with Crippen LogP contribution in [0.25, 0.3) is 22.2 Å². The molecule has 0 spiro atoms. The zero-order chi connectivity index (χ0) is 35.5. The summed E-state index contributed by atoms with van der Waals surface area (Å²) >= 11 is 0. The molecule has 0 atom stereocenters. The van der Waals surface area contributed by atoms with E-state index in [1.54, 1.807) is 0 Å². The van der Waals surface area contributed by atoms with Crippen LogP contribution in [0.1, 0.15) is 67.5 Å². The summed E-state index contributed by atoms with van der Waals surface area (Å²) in [5.41, 5.74) is 14.2. The Morgan fingerprint density at radius 3 is 2.55 bits per heavy atom. The molecule has 270 valence electrons. The number of nitrogens with zero attached hydrogens (tertiary/aromatic N) is 5. The van der Waals surface area contributed by atoms with Crippen LogP contribution in [0.5, 0.6) is 0 Å². The molecule has 2 aliphatic heterocycles. The highest BCUT2D eigenvalue weighted by Crippen LogP contribution is 2.48. The van der Waals surface area contributed by atoms with Gasteiger partial charge < -0.3 is 26.0 Å². The third-order valence-corrected chi connectivity index (χ3v) is 11.0. The summed E-state index contributed by atoms with van der Waals surface area (Å²) in [6.45, 7) is 14.1. The molecule has 7 rings (SSSR count). The van der Waals surface area contributed by atoms with Crippen LogP contribution in [-0.4, -0.2) is 81.8 Å². The zero-order valence-corrected chi connectivity index (χ0v) is 30.3. The van der Waals surface area contributed by atoms with E-state index in [0.29, 0.717) is 52.1 Å². The lowest BCUT2D eigenvalue weighted by Crippen LogP contribution is -2.43. The molecular weight excluding hydrogens is 640 g/mol. The molecular formula is C40H52N8O3. The number of piperazine rings is 1. The first-order chi connectivity index (χ1) is 24.8. The fourth-order valence-corrected chi connectivity index (χ4v) is 7.73. The molecule has 1 saturated carbocycles. The van der Waals surface area contributed by atoms with Crippen molar-refractivity contribution in [3.8, 4) is 11.1 Å². The maximum atomic E-state index is 14.5. The van der Waals surface area contributed by atoms with Crippen molar-refractivity contribution in [2.45, 2.75) is 85.1 Å². The topological polar surface area (TPSA) is 131 Å². The quantitative estimate of drug-likeness (QED) is 0.171. The van der Waals surface area contributed by atoms with Crippen LogP contribution in [0.15, 0.2) is 48.7 Å². The van der Waals surface area contributed by atoms with E-state index < -0.39 is 11.3 Å². The van der Waals surface area contributed by atoms with E-state index in [-0.39, 0.29) is 11.9 Å². The normalized spacial score (nSPS) is 17.8. The van der Waals surface area contributed by atoms with Gasteiger partial charge in [0.25, 0.3) is 0 Å². The number of aromatic nitrogens is 3. The number of primary amides is 1. The number of anilines is 1. The van der Waals surface area contributed by atoms with E-state index in [2.05, 4.69) is 83.9 Å². The fourth-order valence-electron chi connectivity index (χ4n) is 7.73. The second-order valence-corrected chi connectivity index (χ2v) is 14.5. The summed E-state index contributed by atoms with van der Waals surface area (Å²) in [5.74, 6) is -0.754. The summed E-state index contributed by atoms with van der Waals surface area (Å²) in [4.78, 5) is 36.7. The lowest BCUT2D eigenvalue weighted by atomic mass is 9.95. The second-order valence-electron chi connectivity index (χ2n) is 14.5. The number of nitrogens with one attached hydrogen (secondary N) is 2. The Morgan fingerprint density at radius 2 is 1.84 bits per heavy atom. The van der Waals surface area contributed by atoms with E-state index in [4.69, 9.17) is 15.5 Å². The van der Waals surface area contributed by atoms with Crippen molar-refractivity contribution in [2.24, 2.45) is 11.1 Å². The Kier molecular flexibility index (Phi) is 10.4. The van der Waals surface area contributed by atoms with Crippen molar-refractivity contribution in [1.82, 2.24) is 29.9 Å². The molecule has 3 aliphatic rings. The minimum Gasteiger partial charge on any atom is -0.381 e. The molecule has 2 amide bonds. The number of hydrogen-bond donors (Lipinski definition) is 3. The van der Waals surface area contributed by atoms with Crippen LogP contribution in [0.3, 0.4) is 0 Å².